The van der Waals surface area contributed by atoms with Crippen LogP contribution in [0.15, 0.2) is 10.7 Å². The van der Waals surface area contributed by atoms with Crippen LogP contribution >= 0.6 is 15.9 Å². The number of halogens is 1. The molecule has 0 saturated carbocycles. The van der Waals surface area contributed by atoms with E-state index in [2.05, 4.69) is 31.4 Å². The Bertz CT molecular complexity index is 296. The number of carbonyl (C=O) groups is 1. The van der Waals surface area contributed by atoms with Gasteiger partial charge in [-0.25, -0.2) is 0 Å². The maximum atomic E-state index is 11.3. The Morgan fingerprint density at radius 1 is 1.77 bits per heavy atom. The number of hydrogen-bond acceptors (Lipinski definition) is 3. The Morgan fingerprint density at radius 3 is 2.92 bits per heavy atom. The topological polar surface area (TPSA) is 61.0 Å². The molecule has 1 aromatic heterocycles. The largest absolute Gasteiger partial charge is 0.309 e. The predicted octanol–water partition coefficient (Wildman–Crippen LogP) is 0.672. The van der Waals surface area contributed by atoms with Crippen molar-refractivity contribution in [2.45, 2.75) is 0 Å². The van der Waals surface area contributed by atoms with E-state index in [4.69, 9.17) is 0 Å². The van der Waals surface area contributed by atoms with E-state index in [0.717, 1.165) is 4.47 Å². The third-order valence-corrected chi connectivity index (χ3v) is 1.92. The number of carbonyl (C=O) groups excluding carboxylic acids is 1. The van der Waals surface area contributed by atoms with Crippen LogP contribution in [0.3, 0.4) is 0 Å². The molecule has 1 aromatic rings. The molecule has 5 nitrogen and oxygen atoms in total. The molecule has 0 atom stereocenters. The standard InChI is InChI=1S/C7H11BrN4O/c1-12(2)4-6(13)10-7-5(8)3-9-11-7/h3H,4H2,1-2H3,(H2,9,10,11,13). The molecule has 0 fully saturated rings. The zero-order valence-electron chi connectivity index (χ0n) is 7.47. The van der Waals surface area contributed by atoms with E-state index in [1.54, 1.807) is 11.1 Å². The molecule has 1 heterocycles. The lowest BCUT2D eigenvalue weighted by Crippen LogP contribution is -2.27. The van der Waals surface area contributed by atoms with E-state index in [-0.39, 0.29) is 5.91 Å². The Kier molecular flexibility index (Phi) is 3.44. The lowest BCUT2D eigenvalue weighted by Gasteiger charge is -2.08. The van der Waals surface area contributed by atoms with Crippen molar-refractivity contribution in [2.24, 2.45) is 0 Å². The first-order chi connectivity index (χ1) is 6.09. The van der Waals surface area contributed by atoms with Crippen LogP contribution in [0.5, 0.6) is 0 Å². The highest BCUT2D eigenvalue weighted by Gasteiger charge is 2.07. The van der Waals surface area contributed by atoms with Gasteiger partial charge in [-0.1, -0.05) is 0 Å². The van der Waals surface area contributed by atoms with Crippen LogP contribution < -0.4 is 5.32 Å². The summed E-state index contributed by atoms with van der Waals surface area (Å²) >= 11 is 3.24. The van der Waals surface area contributed by atoms with Gasteiger partial charge in [-0.2, -0.15) is 5.10 Å². The summed E-state index contributed by atoms with van der Waals surface area (Å²) in [6.45, 7) is 0.353. The number of amides is 1. The molecule has 2 N–H and O–H groups in total. The summed E-state index contributed by atoms with van der Waals surface area (Å²) < 4.78 is 0.750. The van der Waals surface area contributed by atoms with Crippen molar-refractivity contribution in [2.75, 3.05) is 26.0 Å². The zero-order chi connectivity index (χ0) is 9.84. The monoisotopic (exact) mass is 246 g/mol. The van der Waals surface area contributed by atoms with Gasteiger partial charge in [-0.3, -0.25) is 9.89 Å². The molecular formula is C7H11BrN4O. The summed E-state index contributed by atoms with van der Waals surface area (Å²) in [6.07, 6.45) is 1.59. The number of aromatic amines is 1. The van der Waals surface area contributed by atoms with Crippen molar-refractivity contribution in [3.8, 4) is 0 Å². The molecule has 1 rings (SSSR count). The third-order valence-electron chi connectivity index (χ3n) is 1.32. The number of rotatable bonds is 3. The Hall–Kier alpha value is -0.880. The molecule has 0 unspecified atom stereocenters. The average Bonchev–Trinajstić information content (AvgIpc) is 2.34. The number of aromatic nitrogens is 2. The second-order valence-electron chi connectivity index (χ2n) is 2.88. The summed E-state index contributed by atoms with van der Waals surface area (Å²) in [4.78, 5) is 13.0. The van der Waals surface area contributed by atoms with Crippen molar-refractivity contribution in [1.82, 2.24) is 15.1 Å². The van der Waals surface area contributed by atoms with Crippen molar-refractivity contribution in [3.05, 3.63) is 10.7 Å². The molecule has 0 aliphatic rings. The van der Waals surface area contributed by atoms with Gasteiger partial charge in [0.25, 0.3) is 0 Å². The zero-order valence-corrected chi connectivity index (χ0v) is 9.05. The van der Waals surface area contributed by atoms with Crippen LogP contribution in [0, 0.1) is 0 Å². The van der Waals surface area contributed by atoms with Crippen molar-refractivity contribution in [1.29, 1.82) is 0 Å². The second-order valence-corrected chi connectivity index (χ2v) is 3.73. The van der Waals surface area contributed by atoms with Gasteiger partial charge >= 0.3 is 0 Å². The molecule has 1 amide bonds. The lowest BCUT2D eigenvalue weighted by molar-refractivity contribution is -0.116. The number of hydrogen-bond donors (Lipinski definition) is 2. The smallest absolute Gasteiger partial charge is 0.239 e. The molecule has 0 radical (unpaired) electrons. The van der Waals surface area contributed by atoms with Gasteiger partial charge in [0, 0.05) is 0 Å². The van der Waals surface area contributed by atoms with Gasteiger partial charge in [0.15, 0.2) is 0 Å². The molecule has 0 spiro atoms. The van der Waals surface area contributed by atoms with E-state index in [9.17, 15) is 4.79 Å². The van der Waals surface area contributed by atoms with Gasteiger partial charge in [0.1, 0.15) is 5.82 Å². The Labute approximate surface area is 84.6 Å². The Balaban J connectivity index is 2.50. The first kappa shape index (κ1) is 10.2. The maximum Gasteiger partial charge on any atom is 0.239 e. The van der Waals surface area contributed by atoms with Crippen LogP contribution in [-0.2, 0) is 4.79 Å². The predicted molar refractivity (Wildman–Crippen MR) is 53.5 cm³/mol. The fourth-order valence-corrected chi connectivity index (χ4v) is 1.12. The van der Waals surface area contributed by atoms with E-state index < -0.39 is 0 Å². The fraction of sp³-hybridized carbons (Fsp3) is 0.429. The van der Waals surface area contributed by atoms with Crippen LogP contribution in [0.25, 0.3) is 0 Å². The van der Waals surface area contributed by atoms with Crippen LogP contribution in [0.4, 0.5) is 5.82 Å². The molecule has 6 heteroatoms. The van der Waals surface area contributed by atoms with Crippen LogP contribution in [0.2, 0.25) is 0 Å². The summed E-state index contributed by atoms with van der Waals surface area (Å²) in [6, 6.07) is 0. The molecule has 72 valence electrons. The molecule has 0 aliphatic heterocycles. The number of H-pyrrole nitrogens is 1. The lowest BCUT2D eigenvalue weighted by atomic mass is 10.5. The van der Waals surface area contributed by atoms with E-state index in [0.29, 0.717) is 12.4 Å². The van der Waals surface area contributed by atoms with E-state index in [1.165, 1.54) is 0 Å². The molecular weight excluding hydrogens is 236 g/mol. The van der Waals surface area contributed by atoms with Crippen LogP contribution in [0.1, 0.15) is 0 Å². The van der Waals surface area contributed by atoms with Crippen molar-refractivity contribution in [3.63, 3.8) is 0 Å². The minimum atomic E-state index is -0.0741. The summed E-state index contributed by atoms with van der Waals surface area (Å²) in [5.74, 6) is 0.516. The molecule has 13 heavy (non-hydrogen) atoms. The number of anilines is 1. The normalized spacial score (nSPS) is 10.5. The second kappa shape index (κ2) is 4.38. The summed E-state index contributed by atoms with van der Waals surface area (Å²) in [5.41, 5.74) is 0. The number of likely N-dealkylation sites (N-methyl/N-ethyl adjacent to an activating group) is 1. The van der Waals surface area contributed by atoms with Gasteiger partial charge < -0.3 is 10.2 Å². The first-order valence-corrected chi connectivity index (χ1v) is 4.52. The summed E-state index contributed by atoms with van der Waals surface area (Å²) in [5, 5.41) is 9.09. The Morgan fingerprint density at radius 2 is 2.46 bits per heavy atom. The fourth-order valence-electron chi connectivity index (χ4n) is 0.825. The minimum Gasteiger partial charge on any atom is -0.309 e. The van der Waals surface area contributed by atoms with Crippen LogP contribution in [-0.4, -0.2) is 41.6 Å². The molecule has 0 aromatic carbocycles. The van der Waals surface area contributed by atoms with E-state index in [1.807, 2.05) is 14.1 Å². The highest BCUT2D eigenvalue weighted by molar-refractivity contribution is 9.10. The van der Waals surface area contributed by atoms with Crippen molar-refractivity contribution < 1.29 is 4.79 Å². The number of nitrogens with one attached hydrogen (secondary N) is 2. The molecule has 0 bridgehead atoms. The highest BCUT2D eigenvalue weighted by atomic mass is 79.9. The van der Waals surface area contributed by atoms with Crippen molar-refractivity contribution >= 4 is 27.7 Å². The number of nitrogens with zero attached hydrogens (tertiary/aromatic N) is 2. The summed E-state index contributed by atoms with van der Waals surface area (Å²) in [7, 11) is 3.67. The molecule has 0 saturated heterocycles. The minimum absolute atomic E-state index is 0.0741. The third kappa shape index (κ3) is 3.16. The maximum absolute atomic E-state index is 11.3. The highest BCUT2D eigenvalue weighted by Crippen LogP contribution is 2.17. The molecule has 0 aliphatic carbocycles. The first-order valence-electron chi connectivity index (χ1n) is 3.73. The van der Waals surface area contributed by atoms with Gasteiger partial charge in [0.2, 0.25) is 5.91 Å². The SMILES string of the molecule is CN(C)CC(=O)Nc1[nH]ncc1Br. The quantitative estimate of drug-likeness (QED) is 0.825. The van der Waals surface area contributed by atoms with E-state index >= 15 is 0 Å². The van der Waals surface area contributed by atoms with Gasteiger partial charge in [-0.05, 0) is 30.0 Å². The average molecular weight is 247 g/mol. The van der Waals surface area contributed by atoms with Gasteiger partial charge in [0.05, 0.1) is 17.2 Å². The van der Waals surface area contributed by atoms with Gasteiger partial charge in [-0.15, -0.1) is 0 Å².